The fourth-order valence-corrected chi connectivity index (χ4v) is 0.973. The molecule has 1 unspecified atom stereocenters. The first kappa shape index (κ1) is 9.20. The van der Waals surface area contributed by atoms with Crippen LogP contribution >= 0.6 is 0 Å². The minimum absolute atomic E-state index is 0.0352. The maximum atomic E-state index is 10.4. The smallest absolute Gasteiger partial charge is 0.269 e. The van der Waals surface area contributed by atoms with E-state index in [1.54, 1.807) is 19.1 Å². The maximum absolute atomic E-state index is 10.4. The minimum Gasteiger partial charge on any atom is -0.309 e. The highest BCUT2D eigenvalue weighted by molar-refractivity contribution is 5.36. The second-order valence-corrected chi connectivity index (χ2v) is 2.66. The minimum atomic E-state index is -0.458. The van der Waals surface area contributed by atoms with Gasteiger partial charge in [0, 0.05) is 24.6 Å². The van der Waals surface area contributed by atoms with Gasteiger partial charge < -0.3 is 4.85 Å². The summed E-state index contributed by atoms with van der Waals surface area (Å²) < 4.78 is 0. The van der Waals surface area contributed by atoms with E-state index in [9.17, 15) is 10.1 Å². The predicted molar refractivity (Wildman–Crippen MR) is 48.1 cm³/mol. The van der Waals surface area contributed by atoms with Crippen LogP contribution in [0.1, 0.15) is 18.5 Å². The van der Waals surface area contributed by atoms with Crippen molar-refractivity contribution in [1.82, 2.24) is 0 Å². The zero-order valence-electron chi connectivity index (χ0n) is 7.10. The molecule has 0 bridgehead atoms. The highest BCUT2D eigenvalue weighted by atomic mass is 16.6. The van der Waals surface area contributed by atoms with E-state index < -0.39 is 4.92 Å². The van der Waals surface area contributed by atoms with Crippen LogP contribution in [0.2, 0.25) is 0 Å². The van der Waals surface area contributed by atoms with E-state index in [2.05, 4.69) is 4.85 Å². The molecule has 13 heavy (non-hydrogen) atoms. The fourth-order valence-electron chi connectivity index (χ4n) is 0.973. The number of benzene rings is 1. The largest absolute Gasteiger partial charge is 0.309 e. The summed E-state index contributed by atoms with van der Waals surface area (Å²) in [6.07, 6.45) is 0. The lowest BCUT2D eigenvalue weighted by atomic mass is 10.1. The lowest BCUT2D eigenvalue weighted by Gasteiger charge is -1.98. The molecule has 1 atom stereocenters. The number of hydrogen-bond acceptors (Lipinski definition) is 2. The molecule has 0 amide bonds. The van der Waals surface area contributed by atoms with Gasteiger partial charge in [-0.05, 0) is 0 Å². The van der Waals surface area contributed by atoms with Gasteiger partial charge in [0.2, 0.25) is 6.04 Å². The number of non-ortho nitro benzene ring substituents is 1. The molecule has 0 aliphatic rings. The number of nitro groups is 1. The van der Waals surface area contributed by atoms with Crippen molar-refractivity contribution in [1.29, 1.82) is 0 Å². The Morgan fingerprint density at radius 3 is 2.85 bits per heavy atom. The third kappa shape index (κ3) is 2.03. The molecule has 66 valence electrons. The van der Waals surface area contributed by atoms with Crippen LogP contribution in [0, 0.1) is 16.7 Å². The molecule has 1 aromatic carbocycles. The molecule has 0 aliphatic carbocycles. The number of hydrogen-bond donors (Lipinski definition) is 0. The Bertz CT molecular complexity index is 368. The SMILES string of the molecule is [C-]#[N+]C(C)c1cccc([N+](=O)[O-])c1. The molecule has 4 nitrogen and oxygen atoms in total. The van der Waals surface area contributed by atoms with Gasteiger partial charge in [0.1, 0.15) is 0 Å². The molecule has 0 saturated heterocycles. The first-order valence-electron chi connectivity index (χ1n) is 3.76. The maximum Gasteiger partial charge on any atom is 0.269 e. The summed E-state index contributed by atoms with van der Waals surface area (Å²) >= 11 is 0. The lowest BCUT2D eigenvalue weighted by molar-refractivity contribution is -0.384. The Balaban J connectivity index is 3.07. The average molecular weight is 176 g/mol. The summed E-state index contributed by atoms with van der Waals surface area (Å²) in [6, 6.07) is 5.84. The third-order valence-electron chi connectivity index (χ3n) is 1.76. The van der Waals surface area contributed by atoms with Crippen LogP contribution in [-0.4, -0.2) is 4.92 Å². The van der Waals surface area contributed by atoms with Gasteiger partial charge in [0.25, 0.3) is 5.69 Å². The number of nitrogens with zero attached hydrogens (tertiary/aromatic N) is 2. The fraction of sp³-hybridized carbons (Fsp3) is 0.222. The van der Waals surface area contributed by atoms with Crippen molar-refractivity contribution in [2.24, 2.45) is 0 Å². The molecule has 1 rings (SSSR count). The van der Waals surface area contributed by atoms with E-state index in [-0.39, 0.29) is 11.7 Å². The highest BCUT2D eigenvalue weighted by Gasteiger charge is 2.12. The number of nitro benzene ring substituents is 1. The Hall–Kier alpha value is -1.89. The van der Waals surface area contributed by atoms with Crippen LogP contribution in [0.25, 0.3) is 4.85 Å². The van der Waals surface area contributed by atoms with Crippen molar-refractivity contribution in [2.45, 2.75) is 13.0 Å². The van der Waals surface area contributed by atoms with Crippen molar-refractivity contribution in [3.63, 3.8) is 0 Å². The summed E-state index contributed by atoms with van der Waals surface area (Å²) in [6.45, 7) is 8.49. The molecule has 0 saturated carbocycles. The molecular weight excluding hydrogens is 168 g/mol. The summed E-state index contributed by atoms with van der Waals surface area (Å²) in [5, 5.41) is 10.4. The van der Waals surface area contributed by atoms with Gasteiger partial charge in [0.15, 0.2) is 0 Å². The van der Waals surface area contributed by atoms with Gasteiger partial charge >= 0.3 is 0 Å². The van der Waals surface area contributed by atoms with Crippen LogP contribution in [0.5, 0.6) is 0 Å². The van der Waals surface area contributed by atoms with E-state index in [4.69, 9.17) is 6.57 Å². The normalized spacial score (nSPS) is 11.7. The molecule has 0 N–H and O–H groups in total. The summed E-state index contributed by atoms with van der Waals surface area (Å²) in [4.78, 5) is 13.2. The van der Waals surface area contributed by atoms with Crippen molar-refractivity contribution in [2.75, 3.05) is 0 Å². The summed E-state index contributed by atoms with van der Waals surface area (Å²) in [5.74, 6) is 0. The zero-order chi connectivity index (χ0) is 9.84. The molecule has 0 heterocycles. The zero-order valence-corrected chi connectivity index (χ0v) is 7.10. The van der Waals surface area contributed by atoms with Gasteiger partial charge in [-0.15, -0.1) is 0 Å². The molecule has 1 aromatic rings. The van der Waals surface area contributed by atoms with Crippen LogP contribution in [-0.2, 0) is 0 Å². The monoisotopic (exact) mass is 176 g/mol. The van der Waals surface area contributed by atoms with Crippen LogP contribution in [0.15, 0.2) is 24.3 Å². The van der Waals surface area contributed by atoms with E-state index in [1.807, 2.05) is 0 Å². The molecule has 0 aliphatic heterocycles. The van der Waals surface area contributed by atoms with E-state index in [1.165, 1.54) is 12.1 Å². The molecular formula is C9H8N2O2. The molecule has 0 aromatic heterocycles. The Labute approximate surface area is 75.8 Å². The standard InChI is InChI=1S/C9H8N2O2/c1-7(10-2)8-4-3-5-9(6-8)11(12)13/h3-7H,1H3. The first-order chi connectivity index (χ1) is 6.15. The molecule has 0 spiro atoms. The van der Waals surface area contributed by atoms with Crippen molar-refractivity contribution in [3.8, 4) is 0 Å². The first-order valence-corrected chi connectivity index (χ1v) is 3.76. The second-order valence-electron chi connectivity index (χ2n) is 2.66. The van der Waals surface area contributed by atoms with Gasteiger partial charge in [-0.25, -0.2) is 6.57 Å². The van der Waals surface area contributed by atoms with Crippen molar-refractivity contribution >= 4 is 5.69 Å². The topological polar surface area (TPSA) is 47.5 Å². The summed E-state index contributed by atoms with van der Waals surface area (Å²) in [7, 11) is 0. The molecule has 4 heteroatoms. The lowest BCUT2D eigenvalue weighted by Crippen LogP contribution is -1.91. The van der Waals surface area contributed by atoms with Crippen LogP contribution in [0.3, 0.4) is 0 Å². The second kappa shape index (κ2) is 3.68. The molecule has 0 fully saturated rings. The Morgan fingerprint density at radius 1 is 1.62 bits per heavy atom. The van der Waals surface area contributed by atoms with Gasteiger partial charge in [0.05, 0.1) is 4.92 Å². The predicted octanol–water partition coefficient (Wildman–Crippen LogP) is 2.58. The summed E-state index contributed by atoms with van der Waals surface area (Å²) in [5.41, 5.74) is 0.720. The van der Waals surface area contributed by atoms with E-state index in [0.717, 1.165) is 0 Å². The van der Waals surface area contributed by atoms with Crippen LogP contribution < -0.4 is 0 Å². The van der Waals surface area contributed by atoms with E-state index >= 15 is 0 Å². The van der Waals surface area contributed by atoms with Crippen molar-refractivity contribution < 1.29 is 4.92 Å². The highest BCUT2D eigenvalue weighted by Crippen LogP contribution is 2.21. The van der Waals surface area contributed by atoms with Crippen LogP contribution in [0.4, 0.5) is 5.69 Å². The van der Waals surface area contributed by atoms with Gasteiger partial charge in [-0.3, -0.25) is 10.1 Å². The van der Waals surface area contributed by atoms with Gasteiger partial charge in [-0.2, -0.15) is 0 Å². The van der Waals surface area contributed by atoms with Gasteiger partial charge in [-0.1, -0.05) is 12.1 Å². The Morgan fingerprint density at radius 2 is 2.31 bits per heavy atom. The quantitative estimate of drug-likeness (QED) is 0.395. The average Bonchev–Trinajstić information content (AvgIpc) is 2.17. The Kier molecular flexibility index (Phi) is 2.60. The van der Waals surface area contributed by atoms with Crippen molar-refractivity contribution in [3.05, 3.63) is 51.4 Å². The third-order valence-corrected chi connectivity index (χ3v) is 1.76. The number of rotatable bonds is 2. The molecule has 0 radical (unpaired) electrons. The van der Waals surface area contributed by atoms with E-state index in [0.29, 0.717) is 5.56 Å².